The second kappa shape index (κ2) is 6.23. The van der Waals surface area contributed by atoms with Crippen molar-refractivity contribution in [2.24, 2.45) is 0 Å². The first kappa shape index (κ1) is 13.5. The van der Waals surface area contributed by atoms with Crippen molar-refractivity contribution >= 4 is 11.6 Å². The lowest BCUT2D eigenvalue weighted by Gasteiger charge is -2.17. The number of nitrogens with one attached hydrogen (secondary N) is 2. The zero-order valence-electron chi connectivity index (χ0n) is 10.5. The maximum atomic E-state index is 13.5. The van der Waals surface area contributed by atoms with Gasteiger partial charge < -0.3 is 10.6 Å². The first-order valence-electron chi connectivity index (χ1n) is 5.85. The van der Waals surface area contributed by atoms with E-state index in [2.05, 4.69) is 10.6 Å². The van der Waals surface area contributed by atoms with E-state index in [0.29, 0.717) is 12.2 Å². The summed E-state index contributed by atoms with van der Waals surface area (Å²) in [5.74, 6) is -0.449. The van der Waals surface area contributed by atoms with E-state index in [0.717, 1.165) is 12.0 Å². The van der Waals surface area contributed by atoms with Crippen molar-refractivity contribution in [3.8, 4) is 0 Å². The highest BCUT2D eigenvalue weighted by Crippen LogP contribution is 2.19. The standard InChI is InChI=1S/C13H19FN2O/c1-4-8-15-13(17)10(3)16-12-9(2)6-5-7-11(12)14/h5-7,10,16H,4,8H2,1-3H3,(H,15,17). The van der Waals surface area contributed by atoms with Crippen LogP contribution in [-0.2, 0) is 4.79 Å². The molecule has 0 fully saturated rings. The lowest BCUT2D eigenvalue weighted by atomic mass is 10.1. The van der Waals surface area contributed by atoms with Gasteiger partial charge in [0, 0.05) is 6.54 Å². The third-order valence-electron chi connectivity index (χ3n) is 2.53. The molecule has 0 saturated heterocycles. The fourth-order valence-electron chi connectivity index (χ4n) is 1.50. The fraction of sp³-hybridized carbons (Fsp3) is 0.462. The third-order valence-corrected chi connectivity index (χ3v) is 2.53. The number of carbonyl (C=O) groups excluding carboxylic acids is 1. The van der Waals surface area contributed by atoms with E-state index in [4.69, 9.17) is 0 Å². The second-order valence-corrected chi connectivity index (χ2v) is 4.09. The summed E-state index contributed by atoms with van der Waals surface area (Å²) in [4.78, 5) is 11.6. The molecule has 0 aliphatic heterocycles. The zero-order chi connectivity index (χ0) is 12.8. The van der Waals surface area contributed by atoms with Gasteiger partial charge in [0.05, 0.1) is 5.69 Å². The maximum absolute atomic E-state index is 13.5. The Kier molecular flexibility index (Phi) is 4.94. The maximum Gasteiger partial charge on any atom is 0.242 e. The molecule has 1 amide bonds. The van der Waals surface area contributed by atoms with Gasteiger partial charge in [0.2, 0.25) is 5.91 Å². The SMILES string of the molecule is CCCNC(=O)C(C)Nc1c(C)cccc1F. The molecule has 3 nitrogen and oxygen atoms in total. The van der Waals surface area contributed by atoms with Crippen LogP contribution in [0.15, 0.2) is 18.2 Å². The van der Waals surface area contributed by atoms with Crippen LogP contribution in [0.1, 0.15) is 25.8 Å². The molecule has 1 aromatic rings. The minimum absolute atomic E-state index is 0.116. The minimum Gasteiger partial charge on any atom is -0.371 e. The van der Waals surface area contributed by atoms with Gasteiger partial charge >= 0.3 is 0 Å². The van der Waals surface area contributed by atoms with Gasteiger partial charge in [-0.25, -0.2) is 4.39 Å². The number of carbonyl (C=O) groups is 1. The zero-order valence-corrected chi connectivity index (χ0v) is 10.5. The van der Waals surface area contributed by atoms with Crippen molar-refractivity contribution in [3.05, 3.63) is 29.6 Å². The molecule has 0 aliphatic rings. The molecule has 17 heavy (non-hydrogen) atoms. The van der Waals surface area contributed by atoms with Crippen LogP contribution in [-0.4, -0.2) is 18.5 Å². The van der Waals surface area contributed by atoms with Gasteiger partial charge in [0.25, 0.3) is 0 Å². The van der Waals surface area contributed by atoms with E-state index < -0.39 is 6.04 Å². The summed E-state index contributed by atoms with van der Waals surface area (Å²) in [5, 5.41) is 5.67. The molecule has 1 aromatic carbocycles. The summed E-state index contributed by atoms with van der Waals surface area (Å²) >= 11 is 0. The molecule has 0 heterocycles. The quantitative estimate of drug-likeness (QED) is 0.827. The van der Waals surface area contributed by atoms with Crippen LogP contribution < -0.4 is 10.6 Å². The van der Waals surface area contributed by atoms with Crippen LogP contribution >= 0.6 is 0 Å². The van der Waals surface area contributed by atoms with Crippen molar-refractivity contribution in [1.29, 1.82) is 0 Å². The van der Waals surface area contributed by atoms with Crippen molar-refractivity contribution in [2.75, 3.05) is 11.9 Å². The van der Waals surface area contributed by atoms with Crippen LogP contribution in [0.4, 0.5) is 10.1 Å². The summed E-state index contributed by atoms with van der Waals surface area (Å²) in [6.07, 6.45) is 0.886. The number of halogens is 1. The fourth-order valence-corrected chi connectivity index (χ4v) is 1.50. The molecule has 1 atom stereocenters. The van der Waals surface area contributed by atoms with Crippen LogP contribution in [0.2, 0.25) is 0 Å². The Hall–Kier alpha value is -1.58. The molecule has 0 aromatic heterocycles. The van der Waals surface area contributed by atoms with Crippen LogP contribution in [0.25, 0.3) is 0 Å². The number of benzene rings is 1. The van der Waals surface area contributed by atoms with Gasteiger partial charge in [-0.05, 0) is 31.9 Å². The molecule has 94 valence electrons. The number of amides is 1. The largest absolute Gasteiger partial charge is 0.371 e. The molecular weight excluding hydrogens is 219 g/mol. The molecule has 4 heteroatoms. The lowest BCUT2D eigenvalue weighted by molar-refractivity contribution is -0.121. The average Bonchev–Trinajstić information content (AvgIpc) is 2.30. The smallest absolute Gasteiger partial charge is 0.242 e. The topological polar surface area (TPSA) is 41.1 Å². The molecule has 0 spiro atoms. The first-order chi connectivity index (χ1) is 8.06. The van der Waals surface area contributed by atoms with Crippen molar-refractivity contribution in [2.45, 2.75) is 33.2 Å². The summed E-state index contributed by atoms with van der Waals surface area (Å²) in [6.45, 7) is 6.15. The molecule has 0 aliphatic carbocycles. The van der Waals surface area contributed by atoms with E-state index in [-0.39, 0.29) is 11.7 Å². The summed E-state index contributed by atoms with van der Waals surface area (Å²) in [6, 6.07) is 4.39. The van der Waals surface area contributed by atoms with Gasteiger partial charge in [-0.15, -0.1) is 0 Å². The lowest BCUT2D eigenvalue weighted by Crippen LogP contribution is -2.38. The second-order valence-electron chi connectivity index (χ2n) is 4.09. The van der Waals surface area contributed by atoms with E-state index in [1.165, 1.54) is 6.07 Å². The van der Waals surface area contributed by atoms with E-state index in [9.17, 15) is 9.18 Å². The highest BCUT2D eigenvalue weighted by Gasteiger charge is 2.14. The molecule has 0 bridgehead atoms. The minimum atomic E-state index is -0.447. The number of anilines is 1. The Morgan fingerprint density at radius 1 is 1.47 bits per heavy atom. The molecule has 0 saturated carbocycles. The summed E-state index contributed by atoms with van der Waals surface area (Å²) < 4.78 is 13.5. The van der Waals surface area contributed by atoms with E-state index in [1.54, 1.807) is 13.0 Å². The van der Waals surface area contributed by atoms with E-state index in [1.807, 2.05) is 19.9 Å². The van der Waals surface area contributed by atoms with Crippen LogP contribution in [0.5, 0.6) is 0 Å². The molecule has 1 rings (SSSR count). The number of hydrogen-bond acceptors (Lipinski definition) is 2. The highest BCUT2D eigenvalue weighted by atomic mass is 19.1. The van der Waals surface area contributed by atoms with Gasteiger partial charge in [-0.3, -0.25) is 4.79 Å². The van der Waals surface area contributed by atoms with Crippen molar-refractivity contribution < 1.29 is 9.18 Å². The first-order valence-corrected chi connectivity index (χ1v) is 5.85. The molecule has 2 N–H and O–H groups in total. The number of para-hydroxylation sites is 1. The Balaban J connectivity index is 2.67. The normalized spacial score (nSPS) is 12.0. The summed E-state index contributed by atoms with van der Waals surface area (Å²) in [7, 11) is 0. The average molecular weight is 238 g/mol. The van der Waals surface area contributed by atoms with E-state index >= 15 is 0 Å². The number of rotatable bonds is 5. The molecular formula is C13H19FN2O. The van der Waals surface area contributed by atoms with Crippen molar-refractivity contribution in [1.82, 2.24) is 5.32 Å². The Bertz CT molecular complexity index is 373. The predicted molar refractivity (Wildman–Crippen MR) is 67.5 cm³/mol. The highest BCUT2D eigenvalue weighted by molar-refractivity contribution is 5.84. The Morgan fingerprint density at radius 2 is 2.18 bits per heavy atom. The molecule has 0 radical (unpaired) electrons. The van der Waals surface area contributed by atoms with Gasteiger partial charge in [-0.2, -0.15) is 0 Å². The Morgan fingerprint density at radius 3 is 2.76 bits per heavy atom. The summed E-state index contributed by atoms with van der Waals surface area (Å²) in [5.41, 5.74) is 1.19. The molecule has 1 unspecified atom stereocenters. The number of aryl methyl sites for hydroxylation is 1. The van der Waals surface area contributed by atoms with Crippen molar-refractivity contribution in [3.63, 3.8) is 0 Å². The monoisotopic (exact) mass is 238 g/mol. The van der Waals surface area contributed by atoms with Gasteiger partial charge in [0.1, 0.15) is 11.9 Å². The van der Waals surface area contributed by atoms with Crippen LogP contribution in [0, 0.1) is 12.7 Å². The van der Waals surface area contributed by atoms with Gasteiger partial charge in [0.15, 0.2) is 0 Å². The van der Waals surface area contributed by atoms with Crippen LogP contribution in [0.3, 0.4) is 0 Å². The Labute approximate surface area is 101 Å². The third kappa shape index (κ3) is 3.73. The number of hydrogen-bond donors (Lipinski definition) is 2. The van der Waals surface area contributed by atoms with Gasteiger partial charge in [-0.1, -0.05) is 19.1 Å². The predicted octanol–water partition coefficient (Wildman–Crippen LogP) is 2.46.